The van der Waals surface area contributed by atoms with E-state index in [-0.39, 0.29) is 5.91 Å². The molecule has 0 radical (unpaired) electrons. The van der Waals surface area contributed by atoms with Gasteiger partial charge in [-0.25, -0.2) is 0 Å². The molecule has 5 nitrogen and oxygen atoms in total. The highest BCUT2D eigenvalue weighted by Crippen LogP contribution is 2.15. The number of nitrogens with one attached hydrogen (secondary N) is 1. The van der Waals surface area contributed by atoms with Gasteiger partial charge in [-0.05, 0) is 17.7 Å². The lowest BCUT2D eigenvalue weighted by Gasteiger charge is -2.07. The zero-order valence-corrected chi connectivity index (χ0v) is 10.9. The molecule has 18 heavy (non-hydrogen) atoms. The molecule has 0 aliphatic carbocycles. The summed E-state index contributed by atoms with van der Waals surface area (Å²) >= 11 is 1.47. The van der Waals surface area contributed by atoms with Gasteiger partial charge in [-0.1, -0.05) is 12.1 Å². The van der Waals surface area contributed by atoms with Gasteiger partial charge in [-0.3, -0.25) is 9.59 Å². The Labute approximate surface area is 110 Å². The Balaban J connectivity index is 2.39. The Morgan fingerprint density at radius 3 is 2.50 bits per heavy atom. The van der Waals surface area contributed by atoms with Crippen molar-refractivity contribution in [3.8, 4) is 0 Å². The topological polar surface area (TPSA) is 92.4 Å². The minimum Gasteiger partial charge on any atom is -0.480 e. The maximum Gasteiger partial charge on any atom is 0.321 e. The zero-order chi connectivity index (χ0) is 13.5. The molecule has 0 aliphatic heterocycles. The van der Waals surface area contributed by atoms with Crippen molar-refractivity contribution in [2.75, 3.05) is 11.1 Å². The highest BCUT2D eigenvalue weighted by atomic mass is 32.2. The number of benzene rings is 1. The largest absolute Gasteiger partial charge is 0.480 e. The summed E-state index contributed by atoms with van der Waals surface area (Å²) in [6.07, 6.45) is 0. The van der Waals surface area contributed by atoms with Crippen molar-refractivity contribution in [2.45, 2.75) is 18.7 Å². The van der Waals surface area contributed by atoms with Crippen molar-refractivity contribution in [1.29, 1.82) is 0 Å². The van der Waals surface area contributed by atoms with E-state index in [1.54, 1.807) is 0 Å². The molecule has 0 bridgehead atoms. The normalized spacial score (nSPS) is 11.9. The fraction of sp³-hybridized carbons (Fsp3) is 0.333. The van der Waals surface area contributed by atoms with Crippen molar-refractivity contribution < 1.29 is 14.7 Å². The van der Waals surface area contributed by atoms with Crippen LogP contribution in [-0.4, -0.2) is 28.8 Å². The summed E-state index contributed by atoms with van der Waals surface area (Å²) in [7, 11) is 0. The molecule has 1 aromatic carbocycles. The fourth-order valence-corrected chi connectivity index (χ4v) is 2.21. The van der Waals surface area contributed by atoms with E-state index in [4.69, 9.17) is 10.8 Å². The van der Waals surface area contributed by atoms with Crippen LogP contribution in [0.5, 0.6) is 0 Å². The molecule has 1 rings (SSSR count). The van der Waals surface area contributed by atoms with Crippen LogP contribution < -0.4 is 11.1 Å². The molecule has 6 heteroatoms. The lowest BCUT2D eigenvalue weighted by Crippen LogP contribution is -2.32. The van der Waals surface area contributed by atoms with E-state index in [2.05, 4.69) is 5.32 Å². The molecule has 0 aliphatic rings. The highest BCUT2D eigenvalue weighted by Gasteiger charge is 2.10. The molecule has 0 unspecified atom stereocenters. The lowest BCUT2D eigenvalue weighted by molar-refractivity contribution is -0.137. The quantitative estimate of drug-likeness (QED) is 0.723. The number of amides is 1. The third-order valence-corrected chi connectivity index (χ3v) is 3.29. The third kappa shape index (κ3) is 5.20. The molecule has 0 saturated heterocycles. The smallest absolute Gasteiger partial charge is 0.321 e. The number of anilines is 1. The van der Waals surface area contributed by atoms with Gasteiger partial charge in [0.2, 0.25) is 5.91 Å². The molecule has 1 amide bonds. The molecule has 4 N–H and O–H groups in total. The maximum atomic E-state index is 10.8. The molecule has 0 spiro atoms. The first-order valence-electron chi connectivity index (χ1n) is 5.41. The summed E-state index contributed by atoms with van der Waals surface area (Å²) in [6, 6.07) is 6.59. The second-order valence-corrected chi connectivity index (χ2v) is 4.87. The summed E-state index contributed by atoms with van der Waals surface area (Å²) in [5.74, 6) is -0.0162. The lowest BCUT2D eigenvalue weighted by atomic mass is 10.2. The predicted octanol–water partition coefficient (Wildman–Crippen LogP) is 1.29. The van der Waals surface area contributed by atoms with Crippen molar-refractivity contribution in [3.63, 3.8) is 0 Å². The summed E-state index contributed by atoms with van der Waals surface area (Å²) in [4.78, 5) is 21.3. The summed E-state index contributed by atoms with van der Waals surface area (Å²) in [6.45, 7) is 1.46. The van der Waals surface area contributed by atoms with E-state index >= 15 is 0 Å². The van der Waals surface area contributed by atoms with E-state index in [9.17, 15) is 9.59 Å². The van der Waals surface area contributed by atoms with Gasteiger partial charge in [-0.2, -0.15) is 11.8 Å². The van der Waals surface area contributed by atoms with Gasteiger partial charge in [0.15, 0.2) is 0 Å². The van der Waals surface area contributed by atoms with Crippen molar-refractivity contribution >= 4 is 29.3 Å². The van der Waals surface area contributed by atoms with Crippen molar-refractivity contribution in [1.82, 2.24) is 0 Å². The summed E-state index contributed by atoms with van der Waals surface area (Å²) in [5, 5.41) is 11.3. The van der Waals surface area contributed by atoms with Crippen LogP contribution in [0.4, 0.5) is 5.69 Å². The van der Waals surface area contributed by atoms with Crippen LogP contribution in [0.1, 0.15) is 12.5 Å². The molecule has 98 valence electrons. The van der Waals surface area contributed by atoms with Crippen LogP contribution in [-0.2, 0) is 15.3 Å². The van der Waals surface area contributed by atoms with Crippen LogP contribution in [0, 0.1) is 0 Å². The first-order valence-corrected chi connectivity index (χ1v) is 6.57. The van der Waals surface area contributed by atoms with E-state index in [0.717, 1.165) is 11.3 Å². The fourth-order valence-electron chi connectivity index (χ4n) is 1.26. The first kappa shape index (κ1) is 14.5. The molecule has 0 fully saturated rings. The highest BCUT2D eigenvalue weighted by molar-refractivity contribution is 7.98. The van der Waals surface area contributed by atoms with E-state index < -0.39 is 12.0 Å². The predicted molar refractivity (Wildman–Crippen MR) is 72.5 cm³/mol. The van der Waals surface area contributed by atoms with Gasteiger partial charge >= 0.3 is 5.97 Å². The van der Waals surface area contributed by atoms with Crippen molar-refractivity contribution in [2.24, 2.45) is 5.73 Å². The van der Waals surface area contributed by atoms with Gasteiger partial charge in [0.05, 0.1) is 0 Å². The number of carboxylic acid groups (broad SMARTS) is 1. The van der Waals surface area contributed by atoms with Gasteiger partial charge in [0, 0.05) is 24.1 Å². The van der Waals surface area contributed by atoms with E-state index in [1.165, 1.54) is 18.7 Å². The molecular weight excluding hydrogens is 252 g/mol. The minimum atomic E-state index is -0.983. The van der Waals surface area contributed by atoms with Gasteiger partial charge in [0.25, 0.3) is 0 Å². The van der Waals surface area contributed by atoms with E-state index in [1.807, 2.05) is 24.3 Å². The average Bonchev–Trinajstić information content (AvgIpc) is 2.30. The van der Waals surface area contributed by atoms with Crippen LogP contribution in [0.15, 0.2) is 24.3 Å². The maximum absolute atomic E-state index is 10.8. The molecule has 0 aromatic heterocycles. The summed E-state index contributed by atoms with van der Waals surface area (Å²) in [5.41, 5.74) is 7.20. The number of aliphatic carboxylic acids is 1. The van der Waals surface area contributed by atoms with Crippen LogP contribution in [0.2, 0.25) is 0 Å². The molecule has 0 heterocycles. The number of thioether (sulfide) groups is 1. The number of carboxylic acids is 1. The van der Waals surface area contributed by atoms with Gasteiger partial charge in [-0.15, -0.1) is 0 Å². The standard InChI is InChI=1S/C12H16N2O3S/c1-8(15)14-10-4-2-9(3-5-10)6-18-7-11(13)12(16)17/h2-5,11H,6-7,13H2,1H3,(H,14,15)(H,16,17)/t11-/m0/s1. The monoisotopic (exact) mass is 268 g/mol. The second-order valence-electron chi connectivity index (χ2n) is 3.84. The molecular formula is C12H16N2O3S. The average molecular weight is 268 g/mol. The number of carbonyl (C=O) groups is 2. The number of hydrogen-bond acceptors (Lipinski definition) is 4. The van der Waals surface area contributed by atoms with Crippen LogP contribution >= 0.6 is 11.8 Å². The van der Waals surface area contributed by atoms with Gasteiger partial charge in [0.1, 0.15) is 6.04 Å². The summed E-state index contributed by atoms with van der Waals surface area (Å²) < 4.78 is 0. The Bertz CT molecular complexity index is 420. The van der Waals surface area contributed by atoms with Gasteiger partial charge < -0.3 is 16.2 Å². The minimum absolute atomic E-state index is 0.107. The molecule has 1 aromatic rings. The third-order valence-electron chi connectivity index (χ3n) is 2.16. The van der Waals surface area contributed by atoms with Crippen molar-refractivity contribution in [3.05, 3.63) is 29.8 Å². The Morgan fingerprint density at radius 2 is 2.00 bits per heavy atom. The van der Waals surface area contributed by atoms with E-state index in [0.29, 0.717) is 11.5 Å². The Hall–Kier alpha value is -1.53. The number of nitrogens with two attached hydrogens (primary N) is 1. The van der Waals surface area contributed by atoms with Crippen LogP contribution in [0.25, 0.3) is 0 Å². The molecule has 0 saturated carbocycles. The first-order chi connectivity index (χ1) is 8.49. The zero-order valence-electron chi connectivity index (χ0n) is 10.1. The number of hydrogen-bond donors (Lipinski definition) is 3. The number of rotatable bonds is 6. The molecule has 1 atom stereocenters. The Kier molecular flexibility index (Phi) is 5.67. The number of carbonyl (C=O) groups excluding carboxylic acids is 1. The SMILES string of the molecule is CC(=O)Nc1ccc(CSC[C@H](N)C(=O)O)cc1. The Morgan fingerprint density at radius 1 is 1.39 bits per heavy atom. The second kappa shape index (κ2) is 7.03. The van der Waals surface area contributed by atoms with Crippen LogP contribution in [0.3, 0.4) is 0 Å².